The van der Waals surface area contributed by atoms with E-state index < -0.39 is 5.82 Å². The zero-order valence-electron chi connectivity index (χ0n) is 19.7. The summed E-state index contributed by atoms with van der Waals surface area (Å²) in [7, 11) is 1.39. The van der Waals surface area contributed by atoms with Gasteiger partial charge in [-0.2, -0.15) is 4.98 Å². The lowest BCUT2D eigenvalue weighted by Gasteiger charge is -2.35. The molecule has 7 nitrogen and oxygen atoms in total. The molecule has 4 aromatic rings. The van der Waals surface area contributed by atoms with Gasteiger partial charge in [0.25, 0.3) is 11.8 Å². The third kappa shape index (κ3) is 5.24. The largest absolute Gasteiger partial charge is 0.494 e. The van der Waals surface area contributed by atoms with Gasteiger partial charge in [-0.1, -0.05) is 41.0 Å². The van der Waals surface area contributed by atoms with Gasteiger partial charge in [-0.15, -0.1) is 0 Å². The molecule has 1 fully saturated rings. The molecule has 0 saturated carbocycles. The Morgan fingerprint density at radius 3 is 2.58 bits per heavy atom. The fourth-order valence-electron chi connectivity index (χ4n) is 4.23. The second-order valence-electron chi connectivity index (χ2n) is 8.55. The van der Waals surface area contributed by atoms with Gasteiger partial charge in [-0.25, -0.2) is 4.39 Å². The Hall–Kier alpha value is -3.75. The zero-order chi connectivity index (χ0) is 25.1. The van der Waals surface area contributed by atoms with Crippen LogP contribution >= 0.6 is 11.6 Å². The fraction of sp³-hybridized carbons (Fsp3) is 0.222. The van der Waals surface area contributed by atoms with E-state index in [9.17, 15) is 9.18 Å². The minimum atomic E-state index is -0.484. The van der Waals surface area contributed by atoms with Gasteiger partial charge in [-0.3, -0.25) is 9.69 Å². The number of rotatable bonds is 6. The monoisotopic (exact) mass is 506 g/mol. The van der Waals surface area contributed by atoms with E-state index in [-0.39, 0.29) is 11.7 Å². The van der Waals surface area contributed by atoms with Gasteiger partial charge in [0.1, 0.15) is 0 Å². The normalized spacial score (nSPS) is 14.1. The second-order valence-corrected chi connectivity index (χ2v) is 8.99. The lowest BCUT2D eigenvalue weighted by atomic mass is 10.1. The summed E-state index contributed by atoms with van der Waals surface area (Å²) in [6.45, 7) is 3.38. The first-order valence-electron chi connectivity index (χ1n) is 11.5. The molecule has 1 aromatic heterocycles. The molecule has 1 amide bonds. The Morgan fingerprint density at radius 2 is 1.81 bits per heavy atom. The third-order valence-electron chi connectivity index (χ3n) is 6.15. The van der Waals surface area contributed by atoms with E-state index >= 15 is 0 Å². The first kappa shape index (κ1) is 24.0. The number of benzene rings is 3. The SMILES string of the molecule is COc1cc(C(=O)N2CCN(Cc3cccc(-c4noc(-c5cccc(Cl)c5)n4)c3)CC2)ccc1F. The predicted octanol–water partition coefficient (Wildman–Crippen LogP) is 5.16. The quantitative estimate of drug-likeness (QED) is 0.359. The number of carbonyl (C=O) groups is 1. The van der Waals surface area contributed by atoms with Gasteiger partial charge in [0, 0.05) is 54.4 Å². The molecule has 9 heteroatoms. The van der Waals surface area contributed by atoms with Crippen LogP contribution < -0.4 is 4.74 Å². The van der Waals surface area contributed by atoms with Crippen molar-refractivity contribution in [3.63, 3.8) is 0 Å². The van der Waals surface area contributed by atoms with Crippen LogP contribution in [0.3, 0.4) is 0 Å². The van der Waals surface area contributed by atoms with E-state index in [0.717, 1.165) is 36.3 Å². The molecule has 0 aliphatic carbocycles. The summed E-state index contributed by atoms with van der Waals surface area (Å²) in [4.78, 5) is 21.5. The molecule has 184 valence electrons. The van der Waals surface area contributed by atoms with E-state index in [4.69, 9.17) is 20.9 Å². The van der Waals surface area contributed by atoms with Crippen molar-refractivity contribution in [3.8, 4) is 28.6 Å². The molecule has 2 heterocycles. The molecule has 0 atom stereocenters. The number of hydrogen-bond donors (Lipinski definition) is 0. The zero-order valence-corrected chi connectivity index (χ0v) is 20.4. The lowest BCUT2D eigenvalue weighted by Crippen LogP contribution is -2.48. The topological polar surface area (TPSA) is 71.7 Å². The molecule has 5 rings (SSSR count). The van der Waals surface area contributed by atoms with Gasteiger partial charge in [-0.05, 0) is 48.0 Å². The van der Waals surface area contributed by atoms with Crippen LogP contribution in [0, 0.1) is 5.82 Å². The first-order valence-corrected chi connectivity index (χ1v) is 11.9. The van der Waals surface area contributed by atoms with Gasteiger partial charge in [0.05, 0.1) is 7.11 Å². The Kier molecular flexibility index (Phi) is 6.97. The van der Waals surface area contributed by atoms with Gasteiger partial charge < -0.3 is 14.2 Å². The van der Waals surface area contributed by atoms with Crippen LogP contribution in [0.5, 0.6) is 5.75 Å². The number of methoxy groups -OCH3 is 1. The highest BCUT2D eigenvalue weighted by atomic mass is 35.5. The van der Waals surface area contributed by atoms with Crippen LogP contribution in [0.2, 0.25) is 5.02 Å². The molecule has 0 unspecified atom stereocenters. The Labute approximate surface area is 213 Å². The van der Waals surface area contributed by atoms with Crippen LogP contribution in [0.4, 0.5) is 4.39 Å². The van der Waals surface area contributed by atoms with Crippen molar-refractivity contribution < 1.29 is 18.4 Å². The van der Waals surface area contributed by atoms with Crippen molar-refractivity contribution in [2.24, 2.45) is 0 Å². The molecule has 1 aliphatic heterocycles. The first-order chi connectivity index (χ1) is 17.5. The highest BCUT2D eigenvalue weighted by Gasteiger charge is 2.23. The number of halogens is 2. The van der Waals surface area contributed by atoms with Crippen LogP contribution in [-0.4, -0.2) is 59.1 Å². The smallest absolute Gasteiger partial charge is 0.258 e. The summed E-state index contributed by atoms with van der Waals surface area (Å²) < 4.78 is 24.1. The maximum atomic E-state index is 13.7. The molecule has 3 aromatic carbocycles. The maximum absolute atomic E-state index is 13.7. The summed E-state index contributed by atoms with van der Waals surface area (Å²) in [6, 6.07) is 19.5. The molecular weight excluding hydrogens is 483 g/mol. The van der Waals surface area contributed by atoms with Crippen molar-refractivity contribution in [1.82, 2.24) is 19.9 Å². The van der Waals surface area contributed by atoms with E-state index in [2.05, 4.69) is 27.2 Å². The predicted molar refractivity (Wildman–Crippen MR) is 134 cm³/mol. The summed E-state index contributed by atoms with van der Waals surface area (Å²) in [5.41, 5.74) is 3.17. The summed E-state index contributed by atoms with van der Waals surface area (Å²) in [5, 5.41) is 4.74. The molecular formula is C27H24ClFN4O3. The van der Waals surface area contributed by atoms with Crippen molar-refractivity contribution in [2.45, 2.75) is 6.54 Å². The number of aromatic nitrogens is 2. The number of amides is 1. The van der Waals surface area contributed by atoms with Crippen LogP contribution in [-0.2, 0) is 6.54 Å². The van der Waals surface area contributed by atoms with Crippen molar-refractivity contribution in [2.75, 3.05) is 33.3 Å². The number of piperazine rings is 1. The molecule has 1 aliphatic rings. The van der Waals surface area contributed by atoms with Crippen LogP contribution in [0.25, 0.3) is 22.8 Å². The molecule has 0 radical (unpaired) electrons. The Bertz CT molecular complexity index is 1380. The summed E-state index contributed by atoms with van der Waals surface area (Å²) in [6.07, 6.45) is 0. The Balaban J connectivity index is 1.21. The lowest BCUT2D eigenvalue weighted by molar-refractivity contribution is 0.0628. The standard InChI is InChI=1S/C27H24ClFN4O3/c1-35-24-16-21(8-9-23(24)29)27(34)33-12-10-32(11-13-33)17-18-4-2-5-19(14-18)25-30-26(36-31-25)20-6-3-7-22(28)15-20/h2-9,14-16H,10-13,17H2,1H3. The van der Waals surface area contributed by atoms with Crippen LogP contribution in [0.15, 0.2) is 71.3 Å². The highest BCUT2D eigenvalue weighted by molar-refractivity contribution is 6.30. The van der Waals surface area contributed by atoms with E-state index in [1.165, 1.54) is 25.3 Å². The average Bonchev–Trinajstić information content (AvgIpc) is 3.40. The Morgan fingerprint density at radius 1 is 1.03 bits per heavy atom. The second kappa shape index (κ2) is 10.5. The van der Waals surface area contributed by atoms with Crippen LogP contribution in [0.1, 0.15) is 15.9 Å². The maximum Gasteiger partial charge on any atom is 0.258 e. The van der Waals surface area contributed by atoms with Crippen molar-refractivity contribution in [1.29, 1.82) is 0 Å². The molecule has 0 spiro atoms. The van der Waals surface area contributed by atoms with Crippen molar-refractivity contribution >= 4 is 17.5 Å². The number of hydrogen-bond acceptors (Lipinski definition) is 6. The van der Waals surface area contributed by atoms with E-state index in [1.807, 2.05) is 24.3 Å². The average molecular weight is 507 g/mol. The molecule has 0 bridgehead atoms. The molecule has 1 saturated heterocycles. The number of nitrogens with zero attached hydrogens (tertiary/aromatic N) is 4. The highest BCUT2D eigenvalue weighted by Crippen LogP contribution is 2.25. The van der Waals surface area contributed by atoms with Gasteiger partial charge in [0.15, 0.2) is 11.6 Å². The minimum Gasteiger partial charge on any atom is -0.494 e. The summed E-state index contributed by atoms with van der Waals surface area (Å²) >= 11 is 6.07. The van der Waals surface area contributed by atoms with E-state index in [1.54, 1.807) is 17.0 Å². The van der Waals surface area contributed by atoms with Crippen molar-refractivity contribution in [3.05, 3.63) is 88.7 Å². The third-order valence-corrected chi connectivity index (χ3v) is 6.38. The van der Waals surface area contributed by atoms with Gasteiger partial charge >= 0.3 is 0 Å². The fourth-order valence-corrected chi connectivity index (χ4v) is 4.42. The molecule has 36 heavy (non-hydrogen) atoms. The van der Waals surface area contributed by atoms with Gasteiger partial charge in [0.2, 0.25) is 5.82 Å². The molecule has 0 N–H and O–H groups in total. The van der Waals surface area contributed by atoms with E-state index in [0.29, 0.717) is 35.4 Å². The number of ether oxygens (including phenoxy) is 1. The number of carbonyl (C=O) groups excluding carboxylic acids is 1. The summed E-state index contributed by atoms with van der Waals surface area (Å²) in [5.74, 6) is 0.389. The minimum absolute atomic E-state index is 0.0701.